The van der Waals surface area contributed by atoms with Gasteiger partial charge in [-0.15, -0.1) is 24.8 Å². The number of carbonyl (C=O) groups is 1. The van der Waals surface area contributed by atoms with Crippen LogP contribution in [0.15, 0.2) is 48.5 Å². The monoisotopic (exact) mass is 512 g/mol. The third-order valence-corrected chi connectivity index (χ3v) is 7.30. The van der Waals surface area contributed by atoms with Crippen molar-refractivity contribution in [3.05, 3.63) is 71.0 Å². The lowest BCUT2D eigenvalue weighted by molar-refractivity contribution is 0.0902. The molecule has 0 bridgehead atoms. The fourth-order valence-electron chi connectivity index (χ4n) is 5.44. The summed E-state index contributed by atoms with van der Waals surface area (Å²) in [5.41, 5.74) is 4.02. The molecule has 0 spiro atoms. The number of amides is 2. The maximum Gasteiger partial charge on any atom is 0.319 e. The van der Waals surface area contributed by atoms with Crippen LogP contribution in [-0.4, -0.2) is 90.5 Å². The molecule has 6 nitrogen and oxygen atoms in total. The zero-order valence-electron chi connectivity index (χ0n) is 19.5. The van der Waals surface area contributed by atoms with Crippen molar-refractivity contribution in [1.29, 1.82) is 0 Å². The summed E-state index contributed by atoms with van der Waals surface area (Å²) in [4.78, 5) is 21.0. The molecule has 5 rings (SSSR count). The number of carbonyl (C=O) groups excluding carboxylic acids is 1. The molecule has 2 atom stereocenters. The second-order valence-corrected chi connectivity index (χ2v) is 9.05. The lowest BCUT2D eigenvalue weighted by Gasteiger charge is -2.39. The van der Waals surface area contributed by atoms with Gasteiger partial charge in [0.15, 0.2) is 0 Å². The number of rotatable bonds is 5. The van der Waals surface area contributed by atoms with Gasteiger partial charge >= 0.3 is 6.03 Å². The van der Waals surface area contributed by atoms with Crippen LogP contribution < -0.4 is 0 Å². The normalized spacial score (nSPS) is 22.6. The molecule has 1 aliphatic carbocycles. The van der Waals surface area contributed by atoms with Crippen molar-refractivity contribution in [2.45, 2.75) is 18.4 Å². The predicted octanol–water partition coefficient (Wildman–Crippen LogP) is 3.41. The predicted molar refractivity (Wildman–Crippen MR) is 138 cm³/mol. The summed E-state index contributed by atoms with van der Waals surface area (Å²) in [6, 6.07) is 16.4. The lowest BCUT2D eigenvalue weighted by Crippen LogP contribution is -2.49. The minimum atomic E-state index is -0.176. The van der Waals surface area contributed by atoms with Gasteiger partial charge in [-0.25, -0.2) is 9.18 Å². The van der Waals surface area contributed by atoms with Gasteiger partial charge in [0.25, 0.3) is 0 Å². The quantitative estimate of drug-likeness (QED) is 0.616. The molecule has 2 fully saturated rings. The highest BCUT2D eigenvalue weighted by Gasteiger charge is 2.36. The Morgan fingerprint density at radius 2 is 1.50 bits per heavy atom. The van der Waals surface area contributed by atoms with Gasteiger partial charge in [-0.2, -0.15) is 0 Å². The number of halogens is 3. The Hall–Kier alpha value is -1.90. The van der Waals surface area contributed by atoms with E-state index in [9.17, 15) is 9.18 Å². The Kier molecular flexibility index (Phi) is 10.2. The first-order chi connectivity index (χ1) is 15.1. The smallest absolute Gasteiger partial charge is 0.319 e. The summed E-state index contributed by atoms with van der Waals surface area (Å²) in [7, 11) is 1.87. The molecule has 34 heavy (non-hydrogen) atoms. The molecule has 2 aromatic rings. The average Bonchev–Trinajstić information content (AvgIpc) is 3.34. The summed E-state index contributed by atoms with van der Waals surface area (Å²) in [5, 5.41) is 0. The molecule has 2 heterocycles. The van der Waals surface area contributed by atoms with Gasteiger partial charge < -0.3 is 15.3 Å². The molecule has 2 aliphatic heterocycles. The Balaban J connectivity index is 0.00000136. The van der Waals surface area contributed by atoms with Crippen molar-refractivity contribution in [3.63, 3.8) is 0 Å². The molecule has 2 unspecified atom stereocenters. The van der Waals surface area contributed by atoms with E-state index in [-0.39, 0.29) is 42.1 Å². The van der Waals surface area contributed by atoms with Crippen LogP contribution in [0.1, 0.15) is 35.1 Å². The van der Waals surface area contributed by atoms with Crippen LogP contribution in [0.3, 0.4) is 0 Å². The second-order valence-electron chi connectivity index (χ2n) is 9.05. The summed E-state index contributed by atoms with van der Waals surface area (Å²) in [5.74, 6) is 0.156. The van der Waals surface area contributed by atoms with Crippen LogP contribution in [0.4, 0.5) is 9.18 Å². The fraction of sp³-hybridized carbons (Fsp3) is 0.480. The van der Waals surface area contributed by atoms with Gasteiger partial charge in [-0.3, -0.25) is 9.80 Å². The van der Waals surface area contributed by atoms with Crippen molar-refractivity contribution in [1.82, 2.24) is 19.6 Å². The largest absolute Gasteiger partial charge is 0.412 e. The number of hydrogen-bond acceptors (Lipinski definition) is 3. The van der Waals surface area contributed by atoms with Crippen LogP contribution in [0, 0.1) is 5.82 Å². The number of hydrogen-bond donors (Lipinski definition) is 0. The zero-order chi connectivity index (χ0) is 21.4. The van der Waals surface area contributed by atoms with Gasteiger partial charge in [-0.05, 0) is 35.2 Å². The van der Waals surface area contributed by atoms with Crippen LogP contribution in [0.2, 0.25) is 0 Å². The summed E-state index contributed by atoms with van der Waals surface area (Å²) >= 11 is 0. The van der Waals surface area contributed by atoms with E-state index < -0.39 is 0 Å². The van der Waals surface area contributed by atoms with E-state index in [1.54, 1.807) is 17.0 Å². The Morgan fingerprint density at radius 1 is 0.853 bits per heavy atom. The molecule has 2 saturated heterocycles. The topological polar surface area (TPSA) is 61.5 Å². The first kappa shape index (κ1) is 28.3. The van der Waals surface area contributed by atoms with Crippen molar-refractivity contribution in [3.8, 4) is 0 Å². The van der Waals surface area contributed by atoms with E-state index in [0.29, 0.717) is 12.0 Å². The molecule has 9 heteroatoms. The molecule has 2 aromatic carbocycles. The lowest BCUT2D eigenvalue weighted by atomic mass is 9.93. The molecular formula is C25H35Cl2FN4O2. The minimum Gasteiger partial charge on any atom is -0.412 e. The zero-order valence-corrected chi connectivity index (χ0v) is 21.2. The summed E-state index contributed by atoms with van der Waals surface area (Å²) in [6.45, 7) is 7.62. The molecule has 0 aromatic heterocycles. The summed E-state index contributed by atoms with van der Waals surface area (Å²) < 4.78 is 13.4. The van der Waals surface area contributed by atoms with Gasteiger partial charge in [-0.1, -0.05) is 36.4 Å². The molecule has 2 amide bonds. The Bertz CT molecular complexity index is 941. The Labute approximate surface area is 213 Å². The van der Waals surface area contributed by atoms with Crippen molar-refractivity contribution < 1.29 is 14.7 Å². The minimum absolute atomic E-state index is 0. The second kappa shape index (κ2) is 12.2. The van der Waals surface area contributed by atoms with Crippen molar-refractivity contribution >= 4 is 30.8 Å². The van der Waals surface area contributed by atoms with E-state index in [0.717, 1.165) is 58.8 Å². The van der Waals surface area contributed by atoms with Crippen LogP contribution in [0.5, 0.6) is 0 Å². The molecule has 3 aliphatic rings. The SMILES string of the molecule is CN1CCN(CCN2CCN(C3CC(c4ccc(F)cc4)c4ccccc43)CC2)C1=O.Cl.Cl.O. The highest BCUT2D eigenvalue weighted by atomic mass is 35.5. The van der Waals surface area contributed by atoms with Crippen LogP contribution >= 0.6 is 24.8 Å². The van der Waals surface area contributed by atoms with E-state index in [2.05, 4.69) is 34.1 Å². The maximum atomic E-state index is 13.4. The molecular weight excluding hydrogens is 478 g/mol. The van der Waals surface area contributed by atoms with E-state index >= 15 is 0 Å². The third-order valence-electron chi connectivity index (χ3n) is 7.30. The van der Waals surface area contributed by atoms with E-state index in [1.165, 1.54) is 16.7 Å². The summed E-state index contributed by atoms with van der Waals surface area (Å²) in [6.07, 6.45) is 1.06. The van der Waals surface area contributed by atoms with Crippen molar-refractivity contribution in [2.24, 2.45) is 0 Å². The van der Waals surface area contributed by atoms with Crippen LogP contribution in [0.25, 0.3) is 0 Å². The number of nitrogens with zero attached hydrogens (tertiary/aromatic N) is 4. The number of benzene rings is 2. The number of fused-ring (bicyclic) bond motifs is 1. The number of likely N-dealkylation sites (N-methyl/N-ethyl adjacent to an activating group) is 1. The highest BCUT2D eigenvalue weighted by molar-refractivity contribution is 5.85. The maximum absolute atomic E-state index is 13.4. The molecule has 0 radical (unpaired) electrons. The molecule has 2 N–H and O–H groups in total. The van der Waals surface area contributed by atoms with Gasteiger partial charge in [0.05, 0.1) is 0 Å². The fourth-order valence-corrected chi connectivity index (χ4v) is 5.44. The van der Waals surface area contributed by atoms with Crippen LogP contribution in [-0.2, 0) is 0 Å². The molecule has 0 saturated carbocycles. The first-order valence-corrected chi connectivity index (χ1v) is 11.4. The third kappa shape index (κ3) is 5.66. The van der Waals surface area contributed by atoms with E-state index in [1.807, 2.05) is 24.1 Å². The van der Waals surface area contributed by atoms with Gasteiger partial charge in [0.2, 0.25) is 0 Å². The molecule has 188 valence electrons. The number of piperazine rings is 1. The van der Waals surface area contributed by atoms with Gasteiger partial charge in [0.1, 0.15) is 5.82 Å². The van der Waals surface area contributed by atoms with Crippen molar-refractivity contribution in [2.75, 3.05) is 59.4 Å². The van der Waals surface area contributed by atoms with E-state index in [4.69, 9.17) is 0 Å². The number of urea groups is 1. The van der Waals surface area contributed by atoms with Gasteiger partial charge in [0, 0.05) is 71.4 Å². The average molecular weight is 513 g/mol. The standard InChI is InChI=1S/C25H31FN4O.2ClH.H2O/c1-27-10-14-30(25(27)31)17-13-28-11-15-29(16-12-28)24-18-23(19-6-8-20(26)9-7-19)21-4-2-3-5-22(21)24;;;/h2-9,23-24H,10-18H2,1H3;2*1H;1H2. The first-order valence-electron chi connectivity index (χ1n) is 11.4. The Morgan fingerprint density at radius 3 is 2.12 bits per heavy atom. The highest BCUT2D eigenvalue weighted by Crippen LogP contribution is 2.46.